The third-order valence-electron chi connectivity index (χ3n) is 2.94. The van der Waals surface area contributed by atoms with Crippen molar-refractivity contribution in [3.05, 3.63) is 36.0 Å². The Kier molecular flexibility index (Phi) is 3.82. The summed E-state index contributed by atoms with van der Waals surface area (Å²) in [6.45, 7) is 4.93. The van der Waals surface area contributed by atoms with Gasteiger partial charge in [-0.15, -0.1) is 0 Å². The average Bonchev–Trinajstić information content (AvgIpc) is 2.93. The van der Waals surface area contributed by atoms with E-state index in [2.05, 4.69) is 29.3 Å². The highest BCUT2D eigenvalue weighted by atomic mass is 32.2. The first kappa shape index (κ1) is 13.3. The van der Waals surface area contributed by atoms with Crippen molar-refractivity contribution in [2.75, 3.05) is 11.9 Å². The maximum Gasteiger partial charge on any atom is 0.269 e. The zero-order valence-electron chi connectivity index (χ0n) is 11.5. The number of para-hydroxylation sites is 2. The van der Waals surface area contributed by atoms with Gasteiger partial charge >= 0.3 is 0 Å². The van der Waals surface area contributed by atoms with Gasteiger partial charge in [0.1, 0.15) is 5.75 Å². The van der Waals surface area contributed by atoms with Gasteiger partial charge in [-0.2, -0.15) is 16.7 Å². The number of anilines is 1. The second-order valence-electron chi connectivity index (χ2n) is 4.89. The maximum atomic E-state index is 5.89. The summed E-state index contributed by atoms with van der Waals surface area (Å²) >= 11 is 1.79. The van der Waals surface area contributed by atoms with Crippen LogP contribution >= 0.6 is 11.8 Å². The minimum absolute atomic E-state index is 0.227. The van der Waals surface area contributed by atoms with Crippen molar-refractivity contribution in [3.8, 4) is 5.75 Å². The Hall–Kier alpha value is -1.69. The van der Waals surface area contributed by atoms with E-state index in [9.17, 15) is 0 Å². The topological polar surface area (TPSA) is 60.2 Å². The third-order valence-corrected chi connectivity index (χ3v) is 4.03. The number of aromatic nitrogens is 2. The third kappa shape index (κ3) is 2.90. The van der Waals surface area contributed by atoms with Crippen molar-refractivity contribution in [2.45, 2.75) is 31.0 Å². The molecule has 0 saturated heterocycles. The van der Waals surface area contributed by atoms with Crippen LogP contribution in [0.2, 0.25) is 0 Å². The molecule has 0 amide bonds. The van der Waals surface area contributed by atoms with Crippen LogP contribution in [-0.2, 0) is 5.75 Å². The van der Waals surface area contributed by atoms with Crippen LogP contribution in [0.4, 0.5) is 5.69 Å². The van der Waals surface area contributed by atoms with Gasteiger partial charge in [0.15, 0.2) is 11.9 Å². The Morgan fingerprint density at radius 3 is 3.10 bits per heavy atom. The maximum absolute atomic E-state index is 5.89. The van der Waals surface area contributed by atoms with Crippen LogP contribution in [0.25, 0.3) is 0 Å². The molecular weight excluding hydrogens is 274 g/mol. The lowest BCUT2D eigenvalue weighted by atomic mass is 10.2. The van der Waals surface area contributed by atoms with Crippen molar-refractivity contribution >= 4 is 17.4 Å². The lowest BCUT2D eigenvalue weighted by Crippen LogP contribution is -2.23. The molecule has 1 atom stereocenters. The molecule has 0 fully saturated rings. The molecule has 3 rings (SSSR count). The Morgan fingerprint density at radius 1 is 1.40 bits per heavy atom. The molecule has 0 aliphatic carbocycles. The minimum atomic E-state index is -0.227. The number of benzene rings is 1. The zero-order valence-corrected chi connectivity index (χ0v) is 12.3. The summed E-state index contributed by atoms with van der Waals surface area (Å²) in [6, 6.07) is 7.84. The number of ether oxygens (including phenoxy) is 1. The number of thioether (sulfide) groups is 1. The SMILES string of the molecule is CC(C)SCc1noc(C2CNc3ccccc3O2)n1. The lowest BCUT2D eigenvalue weighted by molar-refractivity contribution is 0.163. The fourth-order valence-electron chi connectivity index (χ4n) is 1.95. The summed E-state index contributed by atoms with van der Waals surface area (Å²) in [7, 11) is 0. The molecule has 5 nitrogen and oxygen atoms in total. The fourth-order valence-corrected chi connectivity index (χ4v) is 2.55. The number of nitrogens with zero attached hydrogens (tertiary/aromatic N) is 2. The van der Waals surface area contributed by atoms with Crippen molar-refractivity contribution in [1.82, 2.24) is 10.1 Å². The predicted octanol–water partition coefficient (Wildman–Crippen LogP) is 3.26. The van der Waals surface area contributed by atoms with E-state index in [0.717, 1.165) is 23.0 Å². The molecule has 1 aromatic heterocycles. The van der Waals surface area contributed by atoms with E-state index in [1.165, 1.54) is 0 Å². The Bertz CT molecular complexity index is 585. The van der Waals surface area contributed by atoms with E-state index in [-0.39, 0.29) is 6.10 Å². The van der Waals surface area contributed by atoms with Crippen LogP contribution in [0.1, 0.15) is 31.7 Å². The van der Waals surface area contributed by atoms with E-state index in [0.29, 0.717) is 17.7 Å². The van der Waals surface area contributed by atoms with Crippen molar-refractivity contribution in [3.63, 3.8) is 0 Å². The van der Waals surface area contributed by atoms with E-state index in [4.69, 9.17) is 9.26 Å². The first-order valence-electron chi connectivity index (χ1n) is 6.66. The molecule has 0 bridgehead atoms. The van der Waals surface area contributed by atoms with Crippen LogP contribution in [0, 0.1) is 0 Å². The first-order chi connectivity index (χ1) is 9.72. The summed E-state index contributed by atoms with van der Waals surface area (Å²) in [6.07, 6.45) is -0.227. The van der Waals surface area contributed by atoms with Gasteiger partial charge in [-0.05, 0) is 17.4 Å². The number of hydrogen-bond acceptors (Lipinski definition) is 6. The number of rotatable bonds is 4. The van der Waals surface area contributed by atoms with Crippen molar-refractivity contribution in [1.29, 1.82) is 0 Å². The lowest BCUT2D eigenvalue weighted by Gasteiger charge is -2.24. The largest absolute Gasteiger partial charge is 0.477 e. The second kappa shape index (κ2) is 5.75. The van der Waals surface area contributed by atoms with E-state index < -0.39 is 0 Å². The summed E-state index contributed by atoms with van der Waals surface area (Å²) in [5.74, 6) is 2.84. The van der Waals surface area contributed by atoms with Crippen LogP contribution in [0.3, 0.4) is 0 Å². The number of fused-ring (bicyclic) bond motifs is 1. The molecular formula is C14H17N3O2S. The molecule has 106 valence electrons. The number of nitrogens with one attached hydrogen (secondary N) is 1. The number of hydrogen-bond donors (Lipinski definition) is 1. The zero-order chi connectivity index (χ0) is 13.9. The highest BCUT2D eigenvalue weighted by Gasteiger charge is 2.25. The quantitative estimate of drug-likeness (QED) is 0.933. The van der Waals surface area contributed by atoms with Gasteiger partial charge in [0.05, 0.1) is 18.0 Å². The normalized spacial score (nSPS) is 17.4. The Labute approximate surface area is 122 Å². The fraction of sp³-hybridized carbons (Fsp3) is 0.429. The molecule has 0 radical (unpaired) electrons. The van der Waals surface area contributed by atoms with Gasteiger partial charge < -0.3 is 14.6 Å². The molecule has 6 heteroatoms. The van der Waals surface area contributed by atoms with Gasteiger partial charge in [0, 0.05) is 0 Å². The summed E-state index contributed by atoms with van der Waals surface area (Å²) in [4.78, 5) is 4.42. The highest BCUT2D eigenvalue weighted by Crippen LogP contribution is 2.33. The molecule has 2 aromatic rings. The van der Waals surface area contributed by atoms with E-state index in [1.807, 2.05) is 24.3 Å². The van der Waals surface area contributed by atoms with Gasteiger partial charge in [-0.3, -0.25) is 0 Å². The standard InChI is InChI=1S/C14H17N3O2S/c1-9(2)20-8-13-16-14(19-17-13)12-7-15-10-5-3-4-6-11(10)18-12/h3-6,9,12,15H,7-8H2,1-2H3. The van der Waals surface area contributed by atoms with Gasteiger partial charge in [0.25, 0.3) is 5.89 Å². The van der Waals surface area contributed by atoms with Gasteiger partial charge in [0.2, 0.25) is 0 Å². The summed E-state index contributed by atoms with van der Waals surface area (Å²) < 4.78 is 11.2. The molecule has 1 aliphatic heterocycles. The van der Waals surface area contributed by atoms with Crippen LogP contribution in [0.5, 0.6) is 5.75 Å². The van der Waals surface area contributed by atoms with Crippen LogP contribution < -0.4 is 10.1 Å². The Balaban J connectivity index is 1.69. The predicted molar refractivity (Wildman–Crippen MR) is 79.0 cm³/mol. The summed E-state index contributed by atoms with van der Waals surface area (Å²) in [5, 5.41) is 7.87. The molecule has 20 heavy (non-hydrogen) atoms. The molecule has 1 aromatic carbocycles. The summed E-state index contributed by atoms with van der Waals surface area (Å²) in [5.41, 5.74) is 0.999. The molecule has 0 saturated carbocycles. The van der Waals surface area contributed by atoms with Crippen LogP contribution in [0.15, 0.2) is 28.8 Å². The highest BCUT2D eigenvalue weighted by molar-refractivity contribution is 7.99. The monoisotopic (exact) mass is 291 g/mol. The molecule has 1 aliphatic rings. The Morgan fingerprint density at radius 2 is 2.25 bits per heavy atom. The van der Waals surface area contributed by atoms with Crippen LogP contribution in [-0.4, -0.2) is 21.9 Å². The first-order valence-corrected chi connectivity index (χ1v) is 7.71. The van der Waals surface area contributed by atoms with Crippen molar-refractivity contribution in [2.24, 2.45) is 0 Å². The second-order valence-corrected chi connectivity index (χ2v) is 6.46. The molecule has 0 spiro atoms. The van der Waals surface area contributed by atoms with E-state index >= 15 is 0 Å². The molecule has 2 heterocycles. The van der Waals surface area contributed by atoms with E-state index in [1.54, 1.807) is 11.8 Å². The van der Waals surface area contributed by atoms with Gasteiger partial charge in [-0.1, -0.05) is 31.1 Å². The smallest absolute Gasteiger partial charge is 0.269 e. The van der Waals surface area contributed by atoms with Crippen molar-refractivity contribution < 1.29 is 9.26 Å². The average molecular weight is 291 g/mol. The minimum Gasteiger partial charge on any atom is -0.477 e. The van der Waals surface area contributed by atoms with Gasteiger partial charge in [-0.25, -0.2) is 0 Å². The molecule has 1 N–H and O–H groups in total. The molecule has 1 unspecified atom stereocenters.